The molecule has 5 aromatic heterocycles. The maximum Gasteiger partial charge on any atom is 0.145 e. The molecule has 6 nitrogen and oxygen atoms in total. The summed E-state index contributed by atoms with van der Waals surface area (Å²) >= 11 is 3.60. The summed E-state index contributed by atoms with van der Waals surface area (Å²) in [5.41, 5.74) is 4.48. The smallest absolute Gasteiger partial charge is 0.145 e. The summed E-state index contributed by atoms with van der Waals surface area (Å²) in [6.45, 7) is 7.08. The van der Waals surface area contributed by atoms with E-state index in [1.54, 1.807) is 22.7 Å². The molecule has 0 saturated carbocycles. The molecular formula is C22H22N6S2. The molecular weight excluding hydrogens is 412 g/mol. The largest absolute Gasteiger partial charge is 0.303 e. The van der Waals surface area contributed by atoms with E-state index in [0.29, 0.717) is 0 Å². The second kappa shape index (κ2) is 7.79. The lowest BCUT2D eigenvalue weighted by molar-refractivity contribution is 0.547. The molecule has 0 radical (unpaired) electrons. The highest BCUT2D eigenvalue weighted by Gasteiger charge is 2.16. The van der Waals surface area contributed by atoms with Gasteiger partial charge < -0.3 is 5.32 Å². The summed E-state index contributed by atoms with van der Waals surface area (Å²) < 4.78 is 2.23. The maximum atomic E-state index is 4.80. The number of imidazole rings is 1. The van der Waals surface area contributed by atoms with E-state index in [0.717, 1.165) is 23.7 Å². The van der Waals surface area contributed by atoms with Gasteiger partial charge in [0.2, 0.25) is 0 Å². The van der Waals surface area contributed by atoms with E-state index < -0.39 is 0 Å². The van der Waals surface area contributed by atoms with E-state index in [-0.39, 0.29) is 6.04 Å². The SMILES string of the molecule is Cc1ccc(-c2cc(CNC(C)c3ncn[nH]3)cn3c(-c4ccc(C)s4)cnc23)s1. The Morgan fingerprint density at radius 1 is 1.07 bits per heavy atom. The van der Waals surface area contributed by atoms with Crippen molar-refractivity contribution in [1.82, 2.24) is 29.9 Å². The van der Waals surface area contributed by atoms with E-state index in [2.05, 4.69) is 82.2 Å². The predicted molar refractivity (Wildman–Crippen MR) is 123 cm³/mol. The summed E-state index contributed by atoms with van der Waals surface area (Å²) in [7, 11) is 0. The summed E-state index contributed by atoms with van der Waals surface area (Å²) in [4.78, 5) is 14.1. The van der Waals surface area contributed by atoms with Gasteiger partial charge in [-0.25, -0.2) is 9.97 Å². The highest BCUT2D eigenvalue weighted by Crippen LogP contribution is 2.35. The van der Waals surface area contributed by atoms with Crippen LogP contribution in [0.2, 0.25) is 0 Å². The number of thiophene rings is 2. The second-order valence-electron chi connectivity index (χ2n) is 7.39. The Labute approximate surface area is 182 Å². The summed E-state index contributed by atoms with van der Waals surface area (Å²) in [6.07, 6.45) is 5.72. The normalized spacial score (nSPS) is 12.6. The predicted octanol–water partition coefficient (Wildman–Crippen LogP) is 5.38. The summed E-state index contributed by atoms with van der Waals surface area (Å²) in [6, 6.07) is 11.0. The van der Waals surface area contributed by atoms with Gasteiger partial charge in [0.05, 0.1) is 22.8 Å². The third-order valence-electron chi connectivity index (χ3n) is 5.12. The minimum atomic E-state index is 0.0813. The fourth-order valence-electron chi connectivity index (χ4n) is 3.55. The number of pyridine rings is 1. The molecule has 8 heteroatoms. The van der Waals surface area contributed by atoms with Crippen LogP contribution in [-0.4, -0.2) is 24.6 Å². The van der Waals surface area contributed by atoms with Crippen molar-refractivity contribution in [2.24, 2.45) is 0 Å². The summed E-state index contributed by atoms with van der Waals surface area (Å²) in [5, 5.41) is 10.4. The number of rotatable bonds is 6. The molecule has 5 rings (SSSR count). The van der Waals surface area contributed by atoms with Crippen molar-refractivity contribution in [2.75, 3.05) is 0 Å². The molecule has 0 aliphatic heterocycles. The minimum absolute atomic E-state index is 0.0813. The molecule has 0 aromatic carbocycles. The van der Waals surface area contributed by atoms with Gasteiger partial charge in [-0.05, 0) is 56.7 Å². The third kappa shape index (κ3) is 3.58. The molecule has 152 valence electrons. The van der Waals surface area contributed by atoms with Crippen molar-refractivity contribution in [3.8, 4) is 21.0 Å². The number of aromatic amines is 1. The first-order valence-electron chi connectivity index (χ1n) is 9.81. The first kappa shape index (κ1) is 19.2. The lowest BCUT2D eigenvalue weighted by atomic mass is 10.1. The fourth-order valence-corrected chi connectivity index (χ4v) is 5.30. The van der Waals surface area contributed by atoms with Gasteiger partial charge in [0, 0.05) is 32.9 Å². The first-order chi connectivity index (χ1) is 14.6. The van der Waals surface area contributed by atoms with Gasteiger partial charge in [-0.1, -0.05) is 0 Å². The van der Waals surface area contributed by atoms with Gasteiger partial charge in [-0.3, -0.25) is 9.50 Å². The molecule has 5 heterocycles. The molecule has 0 fully saturated rings. The number of hydrogen-bond donors (Lipinski definition) is 2. The monoisotopic (exact) mass is 434 g/mol. The van der Waals surface area contributed by atoms with Crippen LogP contribution in [-0.2, 0) is 6.54 Å². The molecule has 0 aliphatic carbocycles. The van der Waals surface area contributed by atoms with Crippen LogP contribution in [0.15, 0.2) is 49.1 Å². The third-order valence-corrected chi connectivity index (χ3v) is 7.17. The Morgan fingerprint density at radius 2 is 1.83 bits per heavy atom. The molecule has 0 aliphatic rings. The molecule has 0 saturated heterocycles. The molecule has 2 N–H and O–H groups in total. The lowest BCUT2D eigenvalue weighted by Gasteiger charge is -2.13. The van der Waals surface area contributed by atoms with E-state index in [9.17, 15) is 0 Å². The van der Waals surface area contributed by atoms with Crippen molar-refractivity contribution in [3.63, 3.8) is 0 Å². The topological polar surface area (TPSA) is 70.9 Å². The number of aromatic nitrogens is 5. The Morgan fingerprint density at radius 3 is 2.50 bits per heavy atom. The Balaban J connectivity index is 1.58. The molecule has 0 bridgehead atoms. The van der Waals surface area contributed by atoms with Crippen LogP contribution in [0.5, 0.6) is 0 Å². The Hall–Kier alpha value is -2.81. The number of fused-ring (bicyclic) bond motifs is 1. The number of aryl methyl sites for hydroxylation is 2. The van der Waals surface area contributed by atoms with Gasteiger partial charge in [-0.2, -0.15) is 5.10 Å². The van der Waals surface area contributed by atoms with Crippen molar-refractivity contribution < 1.29 is 0 Å². The van der Waals surface area contributed by atoms with Crippen LogP contribution >= 0.6 is 22.7 Å². The van der Waals surface area contributed by atoms with Gasteiger partial charge in [0.15, 0.2) is 0 Å². The van der Waals surface area contributed by atoms with Gasteiger partial charge >= 0.3 is 0 Å². The number of nitrogens with one attached hydrogen (secondary N) is 2. The van der Waals surface area contributed by atoms with E-state index in [4.69, 9.17) is 4.98 Å². The van der Waals surface area contributed by atoms with E-state index in [1.807, 2.05) is 6.20 Å². The van der Waals surface area contributed by atoms with Crippen LogP contribution < -0.4 is 5.32 Å². The zero-order valence-electron chi connectivity index (χ0n) is 17.0. The average molecular weight is 435 g/mol. The minimum Gasteiger partial charge on any atom is -0.303 e. The Kier molecular flexibility index (Phi) is 4.98. The molecule has 5 aromatic rings. The van der Waals surface area contributed by atoms with E-state index in [1.165, 1.54) is 37.0 Å². The summed E-state index contributed by atoms with van der Waals surface area (Å²) in [5.74, 6) is 0.836. The number of nitrogens with zero attached hydrogens (tertiary/aromatic N) is 4. The van der Waals surface area contributed by atoms with Crippen LogP contribution in [0.3, 0.4) is 0 Å². The zero-order valence-corrected chi connectivity index (χ0v) is 18.6. The van der Waals surface area contributed by atoms with Gasteiger partial charge in [0.25, 0.3) is 0 Å². The van der Waals surface area contributed by atoms with Gasteiger partial charge in [-0.15, -0.1) is 22.7 Å². The maximum absolute atomic E-state index is 4.80. The highest BCUT2D eigenvalue weighted by atomic mass is 32.1. The molecule has 1 unspecified atom stereocenters. The van der Waals surface area contributed by atoms with Crippen LogP contribution in [0.4, 0.5) is 0 Å². The number of hydrogen-bond acceptors (Lipinski definition) is 6. The lowest BCUT2D eigenvalue weighted by Crippen LogP contribution is -2.19. The molecule has 0 amide bonds. The van der Waals surface area contributed by atoms with Crippen LogP contribution in [0.1, 0.15) is 34.1 Å². The molecule has 1 atom stereocenters. The van der Waals surface area contributed by atoms with Gasteiger partial charge in [0.1, 0.15) is 17.8 Å². The zero-order chi connectivity index (χ0) is 20.7. The number of H-pyrrole nitrogens is 1. The second-order valence-corrected chi connectivity index (χ2v) is 9.97. The van der Waals surface area contributed by atoms with Crippen molar-refractivity contribution >= 4 is 28.3 Å². The van der Waals surface area contributed by atoms with Crippen molar-refractivity contribution in [1.29, 1.82) is 0 Å². The molecule has 0 spiro atoms. The van der Waals surface area contributed by atoms with E-state index >= 15 is 0 Å². The molecule has 30 heavy (non-hydrogen) atoms. The van der Waals surface area contributed by atoms with Crippen LogP contribution in [0.25, 0.3) is 26.7 Å². The van der Waals surface area contributed by atoms with Crippen molar-refractivity contribution in [3.05, 3.63) is 70.2 Å². The van der Waals surface area contributed by atoms with Crippen LogP contribution in [0, 0.1) is 13.8 Å². The Bertz CT molecular complexity index is 1290. The van der Waals surface area contributed by atoms with Crippen molar-refractivity contribution in [2.45, 2.75) is 33.4 Å². The standard InChI is InChI=1S/C22H22N6S2/c1-13-4-6-19(29-13)17-8-16(9-23-15(3)21-25-12-26-27-21)11-28-18(10-24-22(17)28)20-7-5-14(2)30-20/h4-8,10-12,15,23H,9H2,1-3H3,(H,25,26,27). The quantitative estimate of drug-likeness (QED) is 0.377. The first-order valence-corrected chi connectivity index (χ1v) is 11.4. The average Bonchev–Trinajstić information content (AvgIpc) is 3.52. The highest BCUT2D eigenvalue weighted by molar-refractivity contribution is 7.15. The fraction of sp³-hybridized carbons (Fsp3) is 0.227.